The summed E-state index contributed by atoms with van der Waals surface area (Å²) < 4.78 is 7.11. The lowest BCUT2D eigenvalue weighted by atomic mass is 10.1. The molecule has 1 fully saturated rings. The van der Waals surface area contributed by atoms with E-state index < -0.39 is 11.5 Å². The lowest BCUT2D eigenvalue weighted by Crippen LogP contribution is -2.41. The highest BCUT2D eigenvalue weighted by molar-refractivity contribution is 6.31. The van der Waals surface area contributed by atoms with E-state index >= 15 is 0 Å². The zero-order valence-corrected chi connectivity index (χ0v) is 18.6. The van der Waals surface area contributed by atoms with E-state index in [0.717, 1.165) is 29.7 Å². The highest BCUT2D eigenvalue weighted by Gasteiger charge is 2.21. The molecular formula is C24H25ClN4O3. The molecule has 2 heterocycles. The van der Waals surface area contributed by atoms with Gasteiger partial charge in [0.1, 0.15) is 5.56 Å². The van der Waals surface area contributed by atoms with Crippen LogP contribution in [0.2, 0.25) is 5.02 Å². The molecule has 1 amide bonds. The van der Waals surface area contributed by atoms with Gasteiger partial charge < -0.3 is 19.9 Å². The van der Waals surface area contributed by atoms with E-state index in [1.807, 2.05) is 49.4 Å². The first-order valence-corrected chi connectivity index (χ1v) is 10.9. The van der Waals surface area contributed by atoms with E-state index in [1.54, 1.807) is 16.8 Å². The number of anilines is 2. The third kappa shape index (κ3) is 5.18. The molecule has 0 spiro atoms. The van der Waals surface area contributed by atoms with Crippen molar-refractivity contribution in [3.63, 3.8) is 0 Å². The molecule has 32 heavy (non-hydrogen) atoms. The van der Waals surface area contributed by atoms with Crippen LogP contribution in [0, 0.1) is 6.92 Å². The summed E-state index contributed by atoms with van der Waals surface area (Å²) in [5.74, 6) is -0.0754. The van der Waals surface area contributed by atoms with Gasteiger partial charge in [0, 0.05) is 36.2 Å². The molecule has 1 aromatic heterocycles. The van der Waals surface area contributed by atoms with E-state index in [-0.39, 0.29) is 11.6 Å². The summed E-state index contributed by atoms with van der Waals surface area (Å²) in [6, 6.07) is 15.3. The van der Waals surface area contributed by atoms with Gasteiger partial charge in [0.2, 0.25) is 5.95 Å². The Hall–Kier alpha value is -3.16. The van der Waals surface area contributed by atoms with E-state index in [9.17, 15) is 9.59 Å². The minimum absolute atomic E-state index is 0.00913. The number of amides is 1. The summed E-state index contributed by atoms with van der Waals surface area (Å²) in [6.45, 7) is 3.53. The van der Waals surface area contributed by atoms with E-state index in [4.69, 9.17) is 16.3 Å². The second kappa shape index (κ2) is 9.97. The zero-order valence-electron chi connectivity index (χ0n) is 17.8. The summed E-state index contributed by atoms with van der Waals surface area (Å²) in [5.41, 5.74) is 2.03. The number of hydrogen-bond acceptors (Lipinski definition) is 5. The fraction of sp³-hybridized carbons (Fsp3) is 0.292. The molecule has 4 rings (SSSR count). The van der Waals surface area contributed by atoms with Gasteiger partial charge in [0.25, 0.3) is 11.5 Å². The number of carbonyl (C=O) groups excluding carboxylic acids is 1. The quantitative estimate of drug-likeness (QED) is 0.592. The van der Waals surface area contributed by atoms with Gasteiger partial charge in [0.05, 0.1) is 6.54 Å². The Morgan fingerprint density at radius 1 is 1.16 bits per heavy atom. The van der Waals surface area contributed by atoms with Crippen LogP contribution in [0.15, 0.2) is 59.5 Å². The Balaban J connectivity index is 1.68. The van der Waals surface area contributed by atoms with Crippen molar-refractivity contribution < 1.29 is 9.53 Å². The van der Waals surface area contributed by atoms with E-state index in [2.05, 4.69) is 15.6 Å². The number of halogens is 1. The first kappa shape index (κ1) is 22.0. The highest BCUT2D eigenvalue weighted by atomic mass is 35.5. The predicted octanol–water partition coefficient (Wildman–Crippen LogP) is 3.91. The third-order valence-corrected chi connectivity index (χ3v) is 5.92. The van der Waals surface area contributed by atoms with Crippen molar-refractivity contribution in [1.82, 2.24) is 14.9 Å². The Bertz CT molecular complexity index is 1160. The van der Waals surface area contributed by atoms with Gasteiger partial charge in [-0.1, -0.05) is 48.0 Å². The highest BCUT2D eigenvalue weighted by Crippen LogP contribution is 2.25. The van der Waals surface area contributed by atoms with Crippen molar-refractivity contribution in [1.29, 1.82) is 0 Å². The zero-order chi connectivity index (χ0) is 22.5. The van der Waals surface area contributed by atoms with Crippen molar-refractivity contribution in [2.24, 2.45) is 0 Å². The number of nitrogens with zero attached hydrogens (tertiary/aromatic N) is 2. The lowest BCUT2D eigenvalue weighted by molar-refractivity contribution is 0.0695. The second-order valence-electron chi connectivity index (χ2n) is 7.79. The topological polar surface area (TPSA) is 85.2 Å². The van der Waals surface area contributed by atoms with Gasteiger partial charge in [-0.25, -0.2) is 0 Å². The molecule has 0 unspecified atom stereocenters. The Morgan fingerprint density at radius 3 is 2.66 bits per heavy atom. The maximum atomic E-state index is 12.9. The van der Waals surface area contributed by atoms with Crippen LogP contribution in [0.25, 0.3) is 0 Å². The molecule has 2 N–H and O–H groups in total. The van der Waals surface area contributed by atoms with Crippen molar-refractivity contribution in [2.45, 2.75) is 32.4 Å². The van der Waals surface area contributed by atoms with E-state index in [1.165, 1.54) is 0 Å². The monoisotopic (exact) mass is 452 g/mol. The lowest BCUT2D eigenvalue weighted by Gasteiger charge is -2.23. The minimum atomic E-state index is -0.582. The van der Waals surface area contributed by atoms with Crippen molar-refractivity contribution >= 4 is 29.1 Å². The summed E-state index contributed by atoms with van der Waals surface area (Å²) in [4.78, 5) is 29.9. The summed E-state index contributed by atoms with van der Waals surface area (Å²) >= 11 is 6.25. The standard InChI is InChI=1S/C24H25ClN4O3/c1-16-20(25)8-5-9-21(16)27-24-28-23(31)19(22(30)26-18-10-12-32-13-11-18)15-29(24)14-17-6-3-2-4-7-17/h2-9,15,18H,10-14H2,1H3,(H,26,30)(H,27,28,31). The molecule has 7 nitrogen and oxygen atoms in total. The van der Waals surface area contributed by atoms with Crippen molar-refractivity contribution in [3.05, 3.63) is 86.8 Å². The number of nitrogens with one attached hydrogen (secondary N) is 2. The molecule has 3 aromatic rings. The molecule has 8 heteroatoms. The van der Waals surface area contributed by atoms with Gasteiger partial charge >= 0.3 is 0 Å². The molecule has 2 aromatic carbocycles. The average Bonchev–Trinajstić information content (AvgIpc) is 2.80. The number of ether oxygens (including phenoxy) is 1. The molecular weight excluding hydrogens is 428 g/mol. The number of carbonyl (C=O) groups is 1. The Labute approximate surface area is 191 Å². The summed E-state index contributed by atoms with van der Waals surface area (Å²) in [5, 5.41) is 6.76. The first-order chi connectivity index (χ1) is 15.5. The molecule has 1 saturated heterocycles. The van der Waals surface area contributed by atoms with Crippen LogP contribution in [0.3, 0.4) is 0 Å². The van der Waals surface area contributed by atoms with Gasteiger partial charge in [-0.3, -0.25) is 9.59 Å². The molecule has 1 aliphatic rings. The van der Waals surface area contributed by atoms with Gasteiger partial charge in [0.15, 0.2) is 0 Å². The SMILES string of the molecule is Cc1c(Cl)cccc1Nc1nc(=O)c(C(=O)NC2CCOCC2)cn1Cc1ccccc1. The van der Waals surface area contributed by atoms with Gasteiger partial charge in [-0.15, -0.1) is 0 Å². The molecule has 166 valence electrons. The number of rotatable bonds is 6. The molecule has 0 saturated carbocycles. The maximum absolute atomic E-state index is 12.9. The van der Waals surface area contributed by atoms with Crippen LogP contribution >= 0.6 is 11.6 Å². The Morgan fingerprint density at radius 2 is 1.91 bits per heavy atom. The van der Waals surface area contributed by atoms with Crippen LogP contribution in [-0.4, -0.2) is 34.7 Å². The van der Waals surface area contributed by atoms with E-state index in [0.29, 0.717) is 30.7 Å². The van der Waals surface area contributed by atoms with Crippen LogP contribution in [0.1, 0.15) is 34.3 Å². The molecule has 0 aliphatic carbocycles. The van der Waals surface area contributed by atoms with Gasteiger partial charge in [-0.2, -0.15) is 4.98 Å². The normalized spacial score (nSPS) is 14.2. The van der Waals surface area contributed by atoms with Crippen LogP contribution in [0.4, 0.5) is 11.6 Å². The fourth-order valence-corrected chi connectivity index (χ4v) is 3.79. The Kier molecular flexibility index (Phi) is 6.87. The minimum Gasteiger partial charge on any atom is -0.381 e. The largest absolute Gasteiger partial charge is 0.381 e. The molecule has 1 aliphatic heterocycles. The molecule has 0 bridgehead atoms. The summed E-state index contributed by atoms with van der Waals surface area (Å²) in [7, 11) is 0. The molecule has 0 atom stereocenters. The van der Waals surface area contributed by atoms with Crippen molar-refractivity contribution in [2.75, 3.05) is 18.5 Å². The predicted molar refractivity (Wildman–Crippen MR) is 125 cm³/mol. The van der Waals surface area contributed by atoms with Crippen LogP contribution in [0.5, 0.6) is 0 Å². The van der Waals surface area contributed by atoms with Crippen LogP contribution < -0.4 is 16.2 Å². The third-order valence-electron chi connectivity index (χ3n) is 5.51. The average molecular weight is 453 g/mol. The fourth-order valence-electron chi connectivity index (χ4n) is 3.62. The number of aromatic nitrogens is 2. The van der Waals surface area contributed by atoms with Gasteiger partial charge in [-0.05, 0) is 43.0 Å². The van der Waals surface area contributed by atoms with Crippen molar-refractivity contribution in [3.8, 4) is 0 Å². The number of hydrogen-bond donors (Lipinski definition) is 2. The second-order valence-corrected chi connectivity index (χ2v) is 8.20. The smallest absolute Gasteiger partial charge is 0.287 e. The molecule has 0 radical (unpaired) electrons. The summed E-state index contributed by atoms with van der Waals surface area (Å²) in [6.07, 6.45) is 3.02. The maximum Gasteiger partial charge on any atom is 0.287 e. The number of benzene rings is 2. The van der Waals surface area contributed by atoms with Crippen LogP contribution in [-0.2, 0) is 11.3 Å². The first-order valence-electron chi connectivity index (χ1n) is 10.6.